The van der Waals surface area contributed by atoms with Crippen molar-refractivity contribution in [2.75, 3.05) is 7.11 Å². The number of esters is 1. The number of carbonyl (C=O) groups is 1. The van der Waals surface area contributed by atoms with Crippen molar-refractivity contribution in [2.45, 2.75) is 0 Å². The van der Waals surface area contributed by atoms with Crippen LogP contribution in [0.15, 0.2) is 18.2 Å². The fourth-order valence-electron chi connectivity index (χ4n) is 0.711. The summed E-state index contributed by atoms with van der Waals surface area (Å²) in [6.45, 7) is 6.64. The minimum atomic E-state index is -0.979. The van der Waals surface area contributed by atoms with Gasteiger partial charge in [-0.2, -0.15) is 0 Å². The number of carbonyl (C=O) groups excluding carboxylic acids is 1. The molecule has 0 unspecified atom stereocenters. The predicted molar refractivity (Wildman–Crippen MR) is 44.0 cm³/mol. The van der Waals surface area contributed by atoms with Gasteiger partial charge >= 0.3 is 5.97 Å². The van der Waals surface area contributed by atoms with Crippen molar-refractivity contribution in [2.24, 2.45) is 0 Å². The summed E-state index contributed by atoms with van der Waals surface area (Å²) in [7, 11) is 1.09. The molecule has 3 nitrogen and oxygen atoms in total. The largest absolute Gasteiger partial charge is 0.465 e. The molecule has 0 aliphatic carbocycles. The number of hydrogen-bond acceptors (Lipinski definition) is 2. The first-order chi connectivity index (χ1) is 7.02. The van der Waals surface area contributed by atoms with Crippen LogP contribution in [0.5, 0.6) is 0 Å². The Hall–Kier alpha value is -1.89. The van der Waals surface area contributed by atoms with Crippen molar-refractivity contribution in [3.63, 3.8) is 0 Å². The molecule has 13 heavy (non-hydrogen) atoms. The molecule has 0 aliphatic rings. The minimum Gasteiger partial charge on any atom is -0.465 e. The number of rotatable bonds is 1. The predicted octanol–water partition coefficient (Wildman–Crippen LogP) is 2.16. The number of nitrogens with zero attached hydrogens (tertiary/aromatic N) is 1. The van der Waals surface area contributed by atoms with Crippen LogP contribution in [0.25, 0.3) is 4.85 Å². The van der Waals surface area contributed by atoms with E-state index in [0.29, 0.717) is 0 Å². The van der Waals surface area contributed by atoms with E-state index in [4.69, 9.17) is 9.31 Å². The van der Waals surface area contributed by atoms with E-state index in [1.54, 1.807) is 0 Å². The zero-order chi connectivity index (χ0) is 11.6. The normalized spacial score (nSPS) is 11.2. The molecule has 0 spiro atoms. The molecule has 0 fully saturated rings. The van der Waals surface area contributed by atoms with Crippen molar-refractivity contribution in [1.29, 1.82) is 0 Å². The zero-order valence-corrected chi connectivity index (χ0v) is 6.72. The monoisotopic (exact) mass is 181 g/mol. The van der Waals surface area contributed by atoms with E-state index in [9.17, 15) is 9.18 Å². The summed E-state index contributed by atoms with van der Waals surface area (Å²) in [4.78, 5) is 13.9. The first-order valence-electron chi connectivity index (χ1n) is 4.28. The Bertz CT molecular complexity index is 468. The Balaban J connectivity index is 3.54. The van der Waals surface area contributed by atoms with Crippen LogP contribution in [0.1, 0.15) is 13.1 Å². The molecule has 4 heteroatoms. The van der Waals surface area contributed by atoms with E-state index in [1.165, 1.54) is 0 Å². The fourth-order valence-corrected chi connectivity index (χ4v) is 0.711. The summed E-state index contributed by atoms with van der Waals surface area (Å²) in [6, 6.07) is -0.351. The van der Waals surface area contributed by atoms with E-state index in [2.05, 4.69) is 9.58 Å². The first-order valence-corrected chi connectivity index (χ1v) is 3.28. The number of benzene rings is 1. The van der Waals surface area contributed by atoms with Crippen LogP contribution in [-0.2, 0) is 4.74 Å². The Morgan fingerprint density at radius 1 is 1.85 bits per heavy atom. The van der Waals surface area contributed by atoms with Crippen LogP contribution in [0.3, 0.4) is 0 Å². The highest BCUT2D eigenvalue weighted by atomic mass is 19.1. The lowest BCUT2D eigenvalue weighted by molar-refractivity contribution is 0.0601. The van der Waals surface area contributed by atoms with Gasteiger partial charge in [-0.15, -0.1) is 0 Å². The summed E-state index contributed by atoms with van der Waals surface area (Å²) in [5.74, 6) is -1.90. The molecule has 0 bridgehead atoms. The maximum absolute atomic E-state index is 13.1. The SMILES string of the molecule is [2H]c1cc(F)c([N+]#[C-])c([2H])c1C(=O)OC. The Kier molecular flexibility index (Phi) is 1.87. The van der Waals surface area contributed by atoms with Gasteiger partial charge in [-0.25, -0.2) is 14.0 Å². The molecule has 0 amide bonds. The molecule has 66 valence electrons. The maximum atomic E-state index is 13.1. The third-order valence-corrected chi connectivity index (χ3v) is 1.31. The molecule has 0 aromatic heterocycles. The van der Waals surface area contributed by atoms with Crippen molar-refractivity contribution >= 4 is 11.7 Å². The highest BCUT2D eigenvalue weighted by Gasteiger charge is 2.08. The molecule has 1 aromatic carbocycles. The average molecular weight is 181 g/mol. The smallest absolute Gasteiger partial charge is 0.336 e. The first kappa shape index (κ1) is 6.61. The van der Waals surface area contributed by atoms with Crippen molar-refractivity contribution in [3.05, 3.63) is 40.9 Å². The van der Waals surface area contributed by atoms with E-state index >= 15 is 0 Å². The minimum absolute atomic E-state index is 0.398. The van der Waals surface area contributed by atoms with Crippen molar-refractivity contribution in [1.82, 2.24) is 0 Å². The van der Waals surface area contributed by atoms with Gasteiger partial charge < -0.3 is 4.74 Å². The molecule has 1 aromatic rings. The third-order valence-electron chi connectivity index (χ3n) is 1.31. The van der Waals surface area contributed by atoms with Gasteiger partial charge in [0.25, 0.3) is 0 Å². The van der Waals surface area contributed by atoms with Crippen LogP contribution < -0.4 is 0 Å². The molecule has 0 radical (unpaired) electrons. The van der Waals surface area contributed by atoms with Crippen LogP contribution in [-0.4, -0.2) is 13.1 Å². The van der Waals surface area contributed by atoms with E-state index in [1.807, 2.05) is 0 Å². The molecule has 1 rings (SSSR count). The highest BCUT2D eigenvalue weighted by molar-refractivity contribution is 5.90. The molecule has 0 heterocycles. The van der Waals surface area contributed by atoms with Crippen LogP contribution in [0.2, 0.25) is 0 Å². The summed E-state index contributed by atoms with van der Waals surface area (Å²) in [6.07, 6.45) is 0. The Labute approximate surface area is 77.4 Å². The number of methoxy groups -OCH3 is 1. The van der Waals surface area contributed by atoms with Crippen molar-refractivity contribution < 1.29 is 16.7 Å². The third kappa shape index (κ3) is 1.82. The average Bonchev–Trinajstić information content (AvgIpc) is 2.17. The fraction of sp³-hybridized carbons (Fsp3) is 0.111. The van der Waals surface area contributed by atoms with Crippen LogP contribution in [0, 0.1) is 12.4 Å². The molecule has 0 saturated carbocycles. The van der Waals surface area contributed by atoms with Crippen molar-refractivity contribution in [3.8, 4) is 0 Å². The second kappa shape index (κ2) is 3.68. The summed E-state index contributed by atoms with van der Waals surface area (Å²) < 4.78 is 32.1. The molecule has 0 aliphatic heterocycles. The lowest BCUT2D eigenvalue weighted by Crippen LogP contribution is -2.00. The van der Waals surface area contributed by atoms with Gasteiger partial charge in [0.2, 0.25) is 5.69 Å². The quantitative estimate of drug-likeness (QED) is 0.491. The topological polar surface area (TPSA) is 30.7 Å². The summed E-state index contributed by atoms with van der Waals surface area (Å²) in [5.41, 5.74) is -0.976. The van der Waals surface area contributed by atoms with E-state index in [0.717, 1.165) is 13.2 Å². The maximum Gasteiger partial charge on any atom is 0.336 e. The van der Waals surface area contributed by atoms with Gasteiger partial charge in [-0.05, 0) is 18.2 Å². The number of ether oxygens (including phenoxy) is 1. The Morgan fingerprint density at radius 3 is 3.08 bits per heavy atom. The van der Waals surface area contributed by atoms with Crippen LogP contribution in [0.4, 0.5) is 10.1 Å². The van der Waals surface area contributed by atoms with E-state index in [-0.39, 0.29) is 0 Å². The number of halogens is 1. The molecular formula is C9H6FNO2. The standard InChI is InChI=1S/C9H6FNO2/c1-11-8-5-6(9(12)13-2)3-4-7(8)10/h3-5H,2H3/i3D,5D. The lowest BCUT2D eigenvalue weighted by atomic mass is 10.2. The van der Waals surface area contributed by atoms with Gasteiger partial charge in [-0.3, -0.25) is 0 Å². The van der Waals surface area contributed by atoms with Gasteiger partial charge in [0.15, 0.2) is 0 Å². The lowest BCUT2D eigenvalue weighted by Gasteiger charge is -1.99. The Morgan fingerprint density at radius 2 is 2.54 bits per heavy atom. The van der Waals surface area contributed by atoms with E-state index < -0.39 is 35.1 Å². The summed E-state index contributed by atoms with van der Waals surface area (Å²) >= 11 is 0. The second-order valence-corrected chi connectivity index (χ2v) is 2.09. The van der Waals surface area contributed by atoms with Crippen LogP contribution >= 0.6 is 0 Å². The molecule has 0 saturated heterocycles. The second-order valence-electron chi connectivity index (χ2n) is 2.09. The summed E-state index contributed by atoms with van der Waals surface area (Å²) in [5, 5.41) is 0. The zero-order valence-electron chi connectivity index (χ0n) is 8.72. The highest BCUT2D eigenvalue weighted by Crippen LogP contribution is 2.19. The molecule has 0 atom stereocenters. The number of hydrogen-bond donors (Lipinski definition) is 0. The van der Waals surface area contributed by atoms with Gasteiger partial charge in [0.1, 0.15) is 5.82 Å². The van der Waals surface area contributed by atoms with Gasteiger partial charge in [0.05, 0.1) is 15.1 Å². The van der Waals surface area contributed by atoms with Gasteiger partial charge in [0, 0.05) is 6.93 Å². The van der Waals surface area contributed by atoms with Gasteiger partial charge in [-0.1, -0.05) is 0 Å². The molecule has 0 N–H and O–H groups in total. The molecular weight excluding hydrogens is 173 g/mol.